The summed E-state index contributed by atoms with van der Waals surface area (Å²) in [6, 6.07) is 12.4. The Morgan fingerprint density at radius 2 is 1.87 bits per heavy atom. The summed E-state index contributed by atoms with van der Waals surface area (Å²) in [4.78, 5) is 29.2. The lowest BCUT2D eigenvalue weighted by molar-refractivity contribution is -0.140. The highest BCUT2D eigenvalue weighted by molar-refractivity contribution is 6.46. The maximum atomic E-state index is 13.0. The minimum atomic E-state index is -0.799. The van der Waals surface area contributed by atoms with Crippen LogP contribution in [0.15, 0.2) is 54.1 Å². The molecule has 0 spiro atoms. The Hall–Kier alpha value is -3.32. The molecular formula is C24H28N2O5. The number of likely N-dealkylation sites (tertiary alicyclic amines) is 1. The average molecular weight is 424 g/mol. The van der Waals surface area contributed by atoms with Gasteiger partial charge in [0.1, 0.15) is 17.3 Å². The zero-order valence-corrected chi connectivity index (χ0v) is 18.0. The number of carbonyl (C=O) groups excluding carboxylic acids is 2. The predicted molar refractivity (Wildman–Crippen MR) is 118 cm³/mol. The first kappa shape index (κ1) is 22.4. The van der Waals surface area contributed by atoms with Crippen LogP contribution in [-0.2, 0) is 9.59 Å². The van der Waals surface area contributed by atoms with E-state index in [9.17, 15) is 19.8 Å². The Labute approximate surface area is 182 Å². The Morgan fingerprint density at radius 1 is 1.13 bits per heavy atom. The molecule has 2 aromatic carbocycles. The number of phenols is 1. The van der Waals surface area contributed by atoms with Gasteiger partial charge in [-0.2, -0.15) is 0 Å². The van der Waals surface area contributed by atoms with Gasteiger partial charge >= 0.3 is 0 Å². The minimum Gasteiger partial charge on any atom is -0.508 e. The monoisotopic (exact) mass is 424 g/mol. The van der Waals surface area contributed by atoms with Crippen molar-refractivity contribution in [1.29, 1.82) is 0 Å². The number of likely N-dealkylation sites (N-methyl/N-ethyl adjacent to an activating group) is 1. The van der Waals surface area contributed by atoms with Gasteiger partial charge in [0, 0.05) is 18.7 Å². The molecule has 1 amide bonds. The Kier molecular flexibility index (Phi) is 6.97. The van der Waals surface area contributed by atoms with E-state index in [-0.39, 0.29) is 17.1 Å². The Balaban J connectivity index is 2.10. The van der Waals surface area contributed by atoms with Gasteiger partial charge in [0.15, 0.2) is 0 Å². The van der Waals surface area contributed by atoms with Gasteiger partial charge in [-0.3, -0.25) is 9.59 Å². The number of benzene rings is 2. The molecule has 3 rings (SSSR count). The molecule has 1 saturated heterocycles. The van der Waals surface area contributed by atoms with E-state index in [0.717, 1.165) is 6.42 Å². The zero-order valence-electron chi connectivity index (χ0n) is 18.0. The summed E-state index contributed by atoms with van der Waals surface area (Å²) in [6.07, 6.45) is 0.838. The number of aliphatic hydroxyl groups is 1. The van der Waals surface area contributed by atoms with E-state index < -0.39 is 17.7 Å². The Morgan fingerprint density at radius 3 is 2.55 bits per heavy atom. The molecule has 0 saturated carbocycles. The molecule has 1 unspecified atom stereocenters. The van der Waals surface area contributed by atoms with Crippen molar-refractivity contribution in [2.45, 2.75) is 19.4 Å². The molecule has 0 aromatic heterocycles. The fourth-order valence-electron chi connectivity index (χ4n) is 3.57. The van der Waals surface area contributed by atoms with Crippen LogP contribution in [0.3, 0.4) is 0 Å². The van der Waals surface area contributed by atoms with E-state index in [0.29, 0.717) is 36.6 Å². The van der Waals surface area contributed by atoms with E-state index in [1.807, 2.05) is 25.9 Å². The third-order valence-corrected chi connectivity index (χ3v) is 5.09. The molecule has 0 aliphatic carbocycles. The molecule has 2 aromatic rings. The second kappa shape index (κ2) is 9.66. The first-order chi connectivity index (χ1) is 14.8. The van der Waals surface area contributed by atoms with Crippen molar-refractivity contribution in [3.8, 4) is 11.5 Å². The van der Waals surface area contributed by atoms with E-state index in [4.69, 9.17) is 4.74 Å². The minimum absolute atomic E-state index is 0.00185. The number of nitrogens with zero attached hydrogens (tertiary/aromatic N) is 2. The van der Waals surface area contributed by atoms with Gasteiger partial charge in [0.2, 0.25) is 0 Å². The first-order valence-corrected chi connectivity index (χ1v) is 10.3. The van der Waals surface area contributed by atoms with Crippen LogP contribution in [0, 0.1) is 0 Å². The summed E-state index contributed by atoms with van der Waals surface area (Å²) in [6.45, 7) is 3.37. The fraction of sp³-hybridized carbons (Fsp3) is 0.333. The quantitative estimate of drug-likeness (QED) is 0.384. The number of hydrogen-bond donors (Lipinski definition) is 2. The smallest absolute Gasteiger partial charge is 0.295 e. The van der Waals surface area contributed by atoms with Crippen molar-refractivity contribution >= 4 is 17.4 Å². The van der Waals surface area contributed by atoms with Crippen molar-refractivity contribution in [2.24, 2.45) is 0 Å². The van der Waals surface area contributed by atoms with E-state index >= 15 is 0 Å². The number of phenolic OH excluding ortho intramolecular Hbond substituents is 1. The van der Waals surface area contributed by atoms with Crippen LogP contribution in [0.25, 0.3) is 5.76 Å². The summed E-state index contributed by atoms with van der Waals surface area (Å²) in [5.41, 5.74) is 0.948. The molecule has 7 heteroatoms. The third-order valence-electron chi connectivity index (χ3n) is 5.09. The normalized spacial score (nSPS) is 18.1. The largest absolute Gasteiger partial charge is 0.508 e. The lowest BCUT2D eigenvalue weighted by Crippen LogP contribution is -2.35. The zero-order chi connectivity index (χ0) is 22.5. The van der Waals surface area contributed by atoms with E-state index in [1.165, 1.54) is 17.0 Å². The second-order valence-electron chi connectivity index (χ2n) is 7.77. The molecule has 1 aliphatic rings. The van der Waals surface area contributed by atoms with Gasteiger partial charge in [-0.05, 0) is 50.3 Å². The summed E-state index contributed by atoms with van der Waals surface area (Å²) < 4.78 is 5.64. The molecule has 0 radical (unpaired) electrons. The lowest BCUT2D eigenvalue weighted by Gasteiger charge is -2.26. The van der Waals surface area contributed by atoms with Gasteiger partial charge < -0.3 is 24.7 Å². The molecular weight excluding hydrogens is 396 g/mol. The highest BCUT2D eigenvalue weighted by atomic mass is 16.5. The molecule has 0 bridgehead atoms. The van der Waals surface area contributed by atoms with E-state index in [2.05, 4.69) is 0 Å². The molecule has 1 atom stereocenters. The number of hydrogen-bond acceptors (Lipinski definition) is 6. The maximum Gasteiger partial charge on any atom is 0.295 e. The molecule has 164 valence electrons. The fourth-order valence-corrected chi connectivity index (χ4v) is 3.57. The van der Waals surface area contributed by atoms with Crippen molar-refractivity contribution in [1.82, 2.24) is 9.80 Å². The van der Waals surface area contributed by atoms with Crippen LogP contribution in [0.2, 0.25) is 0 Å². The summed E-state index contributed by atoms with van der Waals surface area (Å²) >= 11 is 0. The summed E-state index contributed by atoms with van der Waals surface area (Å²) in [5, 5.41) is 21.1. The number of ether oxygens (including phenoxy) is 1. The maximum absolute atomic E-state index is 13.0. The number of Topliss-reactive ketones (excluding diaryl/α,β-unsaturated/α-hetero) is 1. The van der Waals surface area contributed by atoms with Gasteiger partial charge in [-0.25, -0.2) is 0 Å². The van der Waals surface area contributed by atoms with Gasteiger partial charge in [0.05, 0.1) is 18.2 Å². The van der Waals surface area contributed by atoms with Crippen LogP contribution >= 0.6 is 0 Å². The standard InChI is InChI=1S/C24H28N2O5/c1-4-13-31-19-10-6-8-17(15-19)22(28)20-21(16-7-5-9-18(27)14-16)26(12-11-25(2)3)24(30)23(20)29/h5-10,14-15,21,27-28H,4,11-13H2,1-3H3. The molecule has 1 aliphatic heterocycles. The van der Waals surface area contributed by atoms with Gasteiger partial charge in [0.25, 0.3) is 11.7 Å². The van der Waals surface area contributed by atoms with Gasteiger partial charge in [-0.1, -0.05) is 31.2 Å². The molecule has 1 fully saturated rings. The SMILES string of the molecule is CCCOc1cccc(C(O)=C2C(=O)C(=O)N(CCN(C)C)C2c2cccc(O)c2)c1. The topological polar surface area (TPSA) is 90.3 Å². The summed E-state index contributed by atoms with van der Waals surface area (Å²) in [7, 11) is 3.75. The summed E-state index contributed by atoms with van der Waals surface area (Å²) in [5.74, 6) is -1.09. The van der Waals surface area contributed by atoms with Crippen molar-refractivity contribution in [3.63, 3.8) is 0 Å². The Bertz CT molecular complexity index is 999. The average Bonchev–Trinajstić information content (AvgIpc) is 3.00. The lowest BCUT2D eigenvalue weighted by atomic mass is 9.95. The third kappa shape index (κ3) is 4.88. The van der Waals surface area contributed by atoms with Crippen LogP contribution in [0.4, 0.5) is 0 Å². The number of aromatic hydroxyl groups is 1. The van der Waals surface area contributed by atoms with Crippen molar-refractivity contribution in [3.05, 3.63) is 65.2 Å². The molecule has 1 heterocycles. The highest BCUT2D eigenvalue weighted by Crippen LogP contribution is 2.40. The van der Waals surface area contributed by atoms with Crippen LogP contribution in [-0.4, -0.2) is 65.5 Å². The first-order valence-electron chi connectivity index (χ1n) is 10.3. The highest BCUT2D eigenvalue weighted by Gasteiger charge is 2.46. The number of rotatable bonds is 8. The number of aliphatic hydroxyl groups excluding tert-OH is 1. The number of ketones is 1. The van der Waals surface area contributed by atoms with Crippen LogP contribution < -0.4 is 4.74 Å². The predicted octanol–water partition coefficient (Wildman–Crippen LogP) is 3.16. The molecule has 2 N–H and O–H groups in total. The molecule has 31 heavy (non-hydrogen) atoms. The van der Waals surface area contributed by atoms with Crippen molar-refractivity contribution < 1.29 is 24.5 Å². The van der Waals surface area contributed by atoms with E-state index in [1.54, 1.807) is 36.4 Å². The van der Waals surface area contributed by atoms with Gasteiger partial charge in [-0.15, -0.1) is 0 Å². The molecule has 7 nitrogen and oxygen atoms in total. The number of carbonyl (C=O) groups is 2. The van der Waals surface area contributed by atoms with Crippen LogP contribution in [0.1, 0.15) is 30.5 Å². The van der Waals surface area contributed by atoms with Crippen LogP contribution in [0.5, 0.6) is 11.5 Å². The van der Waals surface area contributed by atoms with Crippen molar-refractivity contribution in [2.75, 3.05) is 33.8 Å². The number of amides is 1. The second-order valence-corrected chi connectivity index (χ2v) is 7.77.